The van der Waals surface area contributed by atoms with Crippen LogP contribution in [0.5, 0.6) is 5.75 Å². The van der Waals surface area contributed by atoms with Crippen LogP contribution in [-0.2, 0) is 18.6 Å². The lowest BCUT2D eigenvalue weighted by Crippen LogP contribution is -2.38. The number of halogens is 1. The van der Waals surface area contributed by atoms with E-state index in [4.69, 9.17) is 16.3 Å². The fourth-order valence-corrected chi connectivity index (χ4v) is 5.91. The second-order valence-electron chi connectivity index (χ2n) is 11.2. The molecule has 5 nitrogen and oxygen atoms in total. The zero-order chi connectivity index (χ0) is 27.4. The standard InChI is InChI=1S/C33H40ClN3O2/c1-4-37(20-15-24-9-12-26(34)13-10-24)27-16-19-36(22-27)18-6-8-28-29-7-5-17-35-31(29)23-39-32-14-11-25(21-30(28)32)33(2,3)38/h5,7-14,17,21,27,38H,4,6,15-16,18-20,22-23H2,1-3H3. The highest BCUT2D eigenvalue weighted by molar-refractivity contribution is 6.30. The Bertz CT molecular complexity index is 1300. The van der Waals surface area contributed by atoms with E-state index in [1.807, 2.05) is 50.4 Å². The number of likely N-dealkylation sites (tertiary alicyclic amines) is 1. The Morgan fingerprint density at radius 2 is 1.97 bits per heavy atom. The fourth-order valence-electron chi connectivity index (χ4n) is 5.78. The third-order valence-electron chi connectivity index (χ3n) is 8.09. The number of likely N-dealkylation sites (N-methyl/N-ethyl adjacent to an activating group) is 1. The van der Waals surface area contributed by atoms with Crippen LogP contribution in [0.3, 0.4) is 0 Å². The molecule has 0 bridgehead atoms. The van der Waals surface area contributed by atoms with Crippen LogP contribution in [-0.4, -0.2) is 58.7 Å². The summed E-state index contributed by atoms with van der Waals surface area (Å²) >= 11 is 6.06. The molecule has 3 heterocycles. The number of benzene rings is 2. The van der Waals surface area contributed by atoms with Crippen molar-refractivity contribution in [3.8, 4) is 5.75 Å². The molecule has 6 heteroatoms. The molecule has 1 N–H and O–H groups in total. The number of pyridine rings is 1. The molecule has 5 rings (SSSR count). The van der Waals surface area contributed by atoms with Gasteiger partial charge in [0.05, 0.1) is 11.3 Å². The van der Waals surface area contributed by atoms with Gasteiger partial charge in [-0.3, -0.25) is 9.88 Å². The maximum Gasteiger partial charge on any atom is 0.131 e. The van der Waals surface area contributed by atoms with Gasteiger partial charge in [-0.25, -0.2) is 0 Å². The molecule has 0 saturated carbocycles. The molecule has 2 aromatic carbocycles. The van der Waals surface area contributed by atoms with Crippen LogP contribution in [0.25, 0.3) is 5.57 Å². The Morgan fingerprint density at radius 1 is 1.15 bits per heavy atom. The quantitative estimate of drug-likeness (QED) is 0.341. The molecule has 2 aliphatic heterocycles. The highest BCUT2D eigenvalue weighted by Crippen LogP contribution is 2.38. The molecule has 1 unspecified atom stereocenters. The molecule has 2 aliphatic rings. The second kappa shape index (κ2) is 12.2. The molecule has 0 spiro atoms. The van der Waals surface area contributed by atoms with Crippen molar-refractivity contribution in [3.05, 3.63) is 99.8 Å². The van der Waals surface area contributed by atoms with Gasteiger partial charge in [0, 0.05) is 48.0 Å². The Labute approximate surface area is 238 Å². The Balaban J connectivity index is 1.27. The lowest BCUT2D eigenvalue weighted by molar-refractivity contribution is 0.0785. The molecule has 3 aromatic rings. The van der Waals surface area contributed by atoms with Crippen LogP contribution in [0.1, 0.15) is 61.6 Å². The monoisotopic (exact) mass is 545 g/mol. The van der Waals surface area contributed by atoms with Crippen molar-refractivity contribution < 1.29 is 9.84 Å². The summed E-state index contributed by atoms with van der Waals surface area (Å²) < 4.78 is 6.16. The Kier molecular flexibility index (Phi) is 8.73. The van der Waals surface area contributed by atoms with E-state index in [0.29, 0.717) is 12.6 Å². The Hall–Kier alpha value is -2.70. The van der Waals surface area contributed by atoms with Gasteiger partial charge >= 0.3 is 0 Å². The van der Waals surface area contributed by atoms with E-state index in [1.54, 1.807) is 0 Å². The summed E-state index contributed by atoms with van der Waals surface area (Å²) in [6.07, 6.45) is 7.38. The molecular weight excluding hydrogens is 506 g/mol. The first-order valence-corrected chi connectivity index (χ1v) is 14.5. The van der Waals surface area contributed by atoms with Crippen molar-refractivity contribution in [1.82, 2.24) is 14.8 Å². The minimum Gasteiger partial charge on any atom is -0.487 e. The van der Waals surface area contributed by atoms with Crippen molar-refractivity contribution in [1.29, 1.82) is 0 Å². The van der Waals surface area contributed by atoms with Crippen LogP contribution in [0, 0.1) is 0 Å². The summed E-state index contributed by atoms with van der Waals surface area (Å²) in [7, 11) is 0. The molecule has 0 aliphatic carbocycles. The van der Waals surface area contributed by atoms with Crippen molar-refractivity contribution in [2.75, 3.05) is 32.7 Å². The van der Waals surface area contributed by atoms with Gasteiger partial charge in [-0.15, -0.1) is 0 Å². The first-order chi connectivity index (χ1) is 18.8. The molecule has 39 heavy (non-hydrogen) atoms. The van der Waals surface area contributed by atoms with Crippen molar-refractivity contribution in [3.63, 3.8) is 0 Å². The first kappa shape index (κ1) is 27.9. The molecule has 1 saturated heterocycles. The molecule has 0 radical (unpaired) electrons. The maximum absolute atomic E-state index is 10.7. The van der Waals surface area contributed by atoms with Gasteiger partial charge in [0.15, 0.2) is 0 Å². The van der Waals surface area contributed by atoms with Crippen LogP contribution in [0.4, 0.5) is 0 Å². The summed E-state index contributed by atoms with van der Waals surface area (Å²) in [6.45, 7) is 11.8. The zero-order valence-electron chi connectivity index (χ0n) is 23.4. The zero-order valence-corrected chi connectivity index (χ0v) is 24.1. The maximum atomic E-state index is 10.7. The van der Waals surface area contributed by atoms with Gasteiger partial charge in [0.25, 0.3) is 0 Å². The topological polar surface area (TPSA) is 48.8 Å². The lowest BCUT2D eigenvalue weighted by atomic mass is 9.90. The number of aromatic nitrogens is 1. The molecule has 1 atom stereocenters. The van der Waals surface area contributed by atoms with E-state index >= 15 is 0 Å². The van der Waals surface area contributed by atoms with E-state index in [-0.39, 0.29) is 0 Å². The van der Waals surface area contributed by atoms with Crippen molar-refractivity contribution >= 4 is 17.2 Å². The number of fused-ring (bicyclic) bond motifs is 2. The normalized spacial score (nSPS) is 18.6. The van der Waals surface area contributed by atoms with Crippen molar-refractivity contribution in [2.45, 2.75) is 58.3 Å². The largest absolute Gasteiger partial charge is 0.487 e. The predicted molar refractivity (Wildman–Crippen MR) is 159 cm³/mol. The number of rotatable bonds is 9. The van der Waals surface area contributed by atoms with Gasteiger partial charge in [0.1, 0.15) is 12.4 Å². The molecular formula is C33H40ClN3O2. The van der Waals surface area contributed by atoms with Crippen LogP contribution in [0.2, 0.25) is 5.02 Å². The Morgan fingerprint density at radius 3 is 2.74 bits per heavy atom. The van der Waals surface area contributed by atoms with E-state index < -0.39 is 5.60 Å². The fraction of sp³-hybridized carbons (Fsp3) is 0.424. The summed E-state index contributed by atoms with van der Waals surface area (Å²) in [4.78, 5) is 9.84. The first-order valence-electron chi connectivity index (χ1n) is 14.2. The SMILES string of the molecule is CCN(CCc1ccc(Cl)cc1)C1CCN(CCC=C2c3cc(C(C)(C)O)ccc3OCc3ncccc32)C1. The molecule has 206 valence electrons. The van der Waals surface area contributed by atoms with Crippen LogP contribution in [0.15, 0.2) is 66.9 Å². The minimum absolute atomic E-state index is 0.444. The third kappa shape index (κ3) is 6.72. The van der Waals surface area contributed by atoms with Gasteiger partial charge < -0.3 is 14.7 Å². The average Bonchev–Trinajstić information content (AvgIpc) is 3.33. The van der Waals surface area contributed by atoms with Gasteiger partial charge in [-0.1, -0.05) is 48.9 Å². The number of nitrogens with zero attached hydrogens (tertiary/aromatic N) is 3. The van der Waals surface area contributed by atoms with E-state index in [9.17, 15) is 5.11 Å². The number of hydrogen-bond donors (Lipinski definition) is 1. The highest BCUT2D eigenvalue weighted by atomic mass is 35.5. The van der Waals surface area contributed by atoms with E-state index in [1.165, 1.54) is 12.0 Å². The van der Waals surface area contributed by atoms with Crippen LogP contribution >= 0.6 is 11.6 Å². The highest BCUT2D eigenvalue weighted by Gasteiger charge is 2.27. The third-order valence-corrected chi connectivity index (χ3v) is 8.34. The van der Waals surface area contributed by atoms with E-state index in [2.05, 4.69) is 52.0 Å². The van der Waals surface area contributed by atoms with Gasteiger partial charge in [-0.05, 0) is 93.2 Å². The summed E-state index contributed by atoms with van der Waals surface area (Å²) in [5.74, 6) is 0.841. The van der Waals surface area contributed by atoms with E-state index in [0.717, 1.165) is 84.3 Å². The molecule has 0 amide bonds. The number of aliphatic hydroxyl groups is 1. The summed E-state index contributed by atoms with van der Waals surface area (Å²) in [6, 6.07) is 19.0. The van der Waals surface area contributed by atoms with Gasteiger partial charge in [-0.2, -0.15) is 0 Å². The second-order valence-corrected chi connectivity index (χ2v) is 11.6. The van der Waals surface area contributed by atoms with Crippen LogP contribution < -0.4 is 4.74 Å². The minimum atomic E-state index is -0.923. The van der Waals surface area contributed by atoms with Crippen molar-refractivity contribution in [2.24, 2.45) is 0 Å². The summed E-state index contributed by atoms with van der Waals surface area (Å²) in [5.41, 5.74) is 5.53. The molecule has 1 aromatic heterocycles. The lowest BCUT2D eigenvalue weighted by Gasteiger charge is -2.28. The predicted octanol–water partition coefficient (Wildman–Crippen LogP) is 6.32. The smallest absolute Gasteiger partial charge is 0.131 e. The number of ether oxygens (including phenoxy) is 1. The van der Waals surface area contributed by atoms with Gasteiger partial charge in [0.2, 0.25) is 0 Å². The number of hydrogen-bond acceptors (Lipinski definition) is 5. The average molecular weight is 546 g/mol. The summed E-state index contributed by atoms with van der Waals surface area (Å²) in [5, 5.41) is 11.5. The molecule has 1 fully saturated rings.